The lowest BCUT2D eigenvalue weighted by Crippen LogP contribution is -2.12. The average Bonchev–Trinajstić information content (AvgIpc) is 2.73. The summed E-state index contributed by atoms with van der Waals surface area (Å²) in [6, 6.07) is 4.66. The summed E-state index contributed by atoms with van der Waals surface area (Å²) in [4.78, 5) is 14.4. The van der Waals surface area contributed by atoms with Gasteiger partial charge in [-0.05, 0) is 19.1 Å². The molecular weight excluding hydrogens is 364 g/mol. The van der Waals surface area contributed by atoms with Crippen LogP contribution in [0.1, 0.15) is 11.4 Å². The highest BCUT2D eigenvalue weighted by Crippen LogP contribution is 2.25. The summed E-state index contributed by atoms with van der Waals surface area (Å²) in [6.45, 7) is 1.72. The molecule has 0 spiro atoms. The fraction of sp³-hybridized carbons (Fsp3) is 0.182. The quantitative estimate of drug-likeness (QED) is 0.642. The molecule has 0 aliphatic carbocycles. The van der Waals surface area contributed by atoms with Crippen molar-refractivity contribution in [1.82, 2.24) is 9.55 Å². The van der Waals surface area contributed by atoms with Crippen LogP contribution in [0.4, 0.5) is 5.69 Å². The van der Waals surface area contributed by atoms with Crippen molar-refractivity contribution in [2.75, 3.05) is 0 Å². The van der Waals surface area contributed by atoms with Gasteiger partial charge in [0.25, 0.3) is 15.7 Å². The number of hydrogen-bond donors (Lipinski definition) is 1. The highest BCUT2D eigenvalue weighted by atomic mass is 79.9. The first-order valence-corrected chi connectivity index (χ1v) is 8.02. The number of primary sulfonamides is 1. The van der Waals surface area contributed by atoms with Gasteiger partial charge in [-0.2, -0.15) is 0 Å². The molecule has 2 N–H and O–H groups in total. The first-order chi connectivity index (χ1) is 9.68. The largest absolute Gasteiger partial charge is 0.329 e. The van der Waals surface area contributed by atoms with Crippen molar-refractivity contribution < 1.29 is 13.3 Å². The van der Waals surface area contributed by atoms with Gasteiger partial charge in [0.2, 0.25) is 0 Å². The number of nitro groups is 1. The Morgan fingerprint density at radius 2 is 2.14 bits per heavy atom. The van der Waals surface area contributed by atoms with E-state index in [0.717, 1.165) is 0 Å². The molecule has 1 aromatic carbocycles. The van der Waals surface area contributed by atoms with Crippen molar-refractivity contribution in [3.8, 4) is 0 Å². The van der Waals surface area contributed by atoms with E-state index in [1.54, 1.807) is 19.1 Å². The van der Waals surface area contributed by atoms with Gasteiger partial charge in [0, 0.05) is 22.3 Å². The van der Waals surface area contributed by atoms with Crippen LogP contribution in [0, 0.1) is 17.0 Å². The van der Waals surface area contributed by atoms with Crippen LogP contribution in [0.2, 0.25) is 0 Å². The predicted molar refractivity (Wildman–Crippen MR) is 78.2 cm³/mol. The van der Waals surface area contributed by atoms with Crippen LogP contribution < -0.4 is 5.14 Å². The zero-order valence-electron chi connectivity index (χ0n) is 10.9. The first-order valence-electron chi connectivity index (χ1n) is 5.68. The molecule has 0 fully saturated rings. The van der Waals surface area contributed by atoms with Gasteiger partial charge in [-0.1, -0.05) is 15.9 Å². The van der Waals surface area contributed by atoms with Crippen molar-refractivity contribution in [2.45, 2.75) is 18.5 Å². The molecule has 0 saturated carbocycles. The Balaban J connectivity index is 2.44. The third kappa shape index (κ3) is 3.46. The Hall–Kier alpha value is -1.78. The first kappa shape index (κ1) is 15.6. The maximum Gasteiger partial charge on any atom is 0.275 e. The second-order valence-corrected chi connectivity index (χ2v) is 6.75. The third-order valence-corrected chi connectivity index (χ3v) is 4.10. The van der Waals surface area contributed by atoms with E-state index in [0.29, 0.717) is 15.9 Å². The molecule has 2 rings (SSSR count). The van der Waals surface area contributed by atoms with Crippen LogP contribution in [0.5, 0.6) is 0 Å². The molecule has 2 aromatic rings. The molecular formula is C11H11BrN4O4S. The van der Waals surface area contributed by atoms with E-state index in [2.05, 4.69) is 20.9 Å². The van der Waals surface area contributed by atoms with Gasteiger partial charge in [-0.3, -0.25) is 10.1 Å². The molecule has 1 heterocycles. The number of halogens is 1. The smallest absolute Gasteiger partial charge is 0.275 e. The Morgan fingerprint density at radius 1 is 1.48 bits per heavy atom. The molecule has 0 saturated heterocycles. The Kier molecular flexibility index (Phi) is 4.12. The predicted octanol–water partition coefficient (Wildman–Crippen LogP) is 1.56. The highest BCUT2D eigenvalue weighted by Gasteiger charge is 2.18. The maximum atomic E-state index is 11.3. The zero-order chi connectivity index (χ0) is 15.8. The van der Waals surface area contributed by atoms with Crippen LogP contribution in [-0.2, 0) is 16.6 Å². The number of benzene rings is 1. The van der Waals surface area contributed by atoms with E-state index in [9.17, 15) is 18.5 Å². The molecule has 0 aliphatic heterocycles. The second-order valence-electron chi connectivity index (χ2n) is 4.33. The number of nitrogens with two attached hydrogens (primary N) is 1. The number of aromatic nitrogens is 2. The lowest BCUT2D eigenvalue weighted by atomic mass is 10.2. The van der Waals surface area contributed by atoms with Crippen molar-refractivity contribution in [1.29, 1.82) is 0 Å². The van der Waals surface area contributed by atoms with Gasteiger partial charge in [0.05, 0.1) is 11.5 Å². The van der Waals surface area contributed by atoms with E-state index < -0.39 is 14.9 Å². The van der Waals surface area contributed by atoms with Crippen LogP contribution in [-0.4, -0.2) is 22.9 Å². The van der Waals surface area contributed by atoms with Gasteiger partial charge >= 0.3 is 0 Å². The minimum absolute atomic E-state index is 0.0605. The van der Waals surface area contributed by atoms with Crippen LogP contribution in [0.3, 0.4) is 0 Å². The summed E-state index contributed by atoms with van der Waals surface area (Å²) in [5.41, 5.74) is 0.374. The van der Waals surface area contributed by atoms with Crippen molar-refractivity contribution in [2.24, 2.45) is 5.14 Å². The molecule has 0 atom stereocenters. The average molecular weight is 375 g/mol. The van der Waals surface area contributed by atoms with Gasteiger partial charge in [-0.15, -0.1) is 0 Å². The number of rotatable bonds is 4. The molecule has 0 radical (unpaired) electrons. The van der Waals surface area contributed by atoms with Crippen molar-refractivity contribution >= 4 is 31.6 Å². The van der Waals surface area contributed by atoms with Crippen LogP contribution in [0.25, 0.3) is 0 Å². The van der Waals surface area contributed by atoms with E-state index in [-0.39, 0.29) is 17.3 Å². The number of imidazole rings is 1. The molecule has 10 heteroatoms. The minimum Gasteiger partial charge on any atom is -0.329 e. The molecule has 21 heavy (non-hydrogen) atoms. The van der Waals surface area contributed by atoms with Crippen LogP contribution >= 0.6 is 15.9 Å². The Bertz CT molecular complexity index is 816. The minimum atomic E-state index is -3.90. The summed E-state index contributed by atoms with van der Waals surface area (Å²) >= 11 is 3.18. The summed E-state index contributed by atoms with van der Waals surface area (Å²) in [5, 5.41) is 15.8. The molecule has 0 unspecified atom stereocenters. The topological polar surface area (TPSA) is 121 Å². The second kappa shape index (κ2) is 5.54. The number of sulfonamides is 1. The molecule has 0 aliphatic rings. The van der Waals surface area contributed by atoms with Gasteiger partial charge in [0.1, 0.15) is 5.82 Å². The van der Waals surface area contributed by atoms with E-state index in [4.69, 9.17) is 5.14 Å². The molecule has 0 bridgehead atoms. The highest BCUT2D eigenvalue weighted by molar-refractivity contribution is 9.10. The van der Waals surface area contributed by atoms with Gasteiger partial charge in [-0.25, -0.2) is 18.5 Å². The van der Waals surface area contributed by atoms with Gasteiger partial charge < -0.3 is 4.57 Å². The normalized spacial score (nSPS) is 11.6. The lowest BCUT2D eigenvalue weighted by molar-refractivity contribution is -0.385. The standard InChI is InChI=1S/C11H11BrN4O4S/c1-7-14-11(21(13,19)20)6-15(7)5-8-2-3-9(12)4-10(8)16(17)18/h2-4,6H,5H2,1H3,(H2,13,19,20). The zero-order valence-corrected chi connectivity index (χ0v) is 13.3. The summed E-state index contributed by atoms with van der Waals surface area (Å²) in [6.07, 6.45) is 1.26. The number of aryl methyl sites for hydroxylation is 1. The third-order valence-electron chi connectivity index (χ3n) is 2.83. The Labute approximate surface area is 128 Å². The van der Waals surface area contributed by atoms with Crippen LogP contribution in [0.15, 0.2) is 33.9 Å². The summed E-state index contributed by atoms with van der Waals surface area (Å²) < 4.78 is 24.6. The van der Waals surface area contributed by atoms with E-state index >= 15 is 0 Å². The number of nitrogens with zero attached hydrogens (tertiary/aromatic N) is 3. The fourth-order valence-corrected chi connectivity index (χ4v) is 2.68. The summed E-state index contributed by atoms with van der Waals surface area (Å²) in [7, 11) is -3.90. The Morgan fingerprint density at radius 3 is 2.67 bits per heavy atom. The lowest BCUT2D eigenvalue weighted by Gasteiger charge is -2.06. The van der Waals surface area contributed by atoms with E-state index in [1.165, 1.54) is 16.8 Å². The summed E-state index contributed by atoms with van der Waals surface area (Å²) in [5.74, 6) is 0.399. The van der Waals surface area contributed by atoms with Crippen molar-refractivity contribution in [3.05, 3.63) is 50.4 Å². The molecule has 0 amide bonds. The monoisotopic (exact) mass is 374 g/mol. The van der Waals surface area contributed by atoms with Crippen molar-refractivity contribution in [3.63, 3.8) is 0 Å². The molecule has 1 aromatic heterocycles. The number of nitro benzene ring substituents is 1. The maximum absolute atomic E-state index is 11.3. The SMILES string of the molecule is Cc1nc(S(N)(=O)=O)cn1Cc1ccc(Br)cc1[N+](=O)[O-]. The molecule has 112 valence electrons. The fourth-order valence-electron chi connectivity index (χ4n) is 1.80. The van der Waals surface area contributed by atoms with E-state index in [1.807, 2.05) is 0 Å². The number of hydrogen-bond acceptors (Lipinski definition) is 5. The van der Waals surface area contributed by atoms with Gasteiger partial charge in [0.15, 0.2) is 5.03 Å². The molecule has 8 nitrogen and oxygen atoms in total.